The van der Waals surface area contributed by atoms with Gasteiger partial charge in [-0.05, 0) is 35.9 Å². The summed E-state index contributed by atoms with van der Waals surface area (Å²) in [4.78, 5) is 2.52. The maximum absolute atomic E-state index is 6.81. The Balaban J connectivity index is 1.33. The van der Waals surface area contributed by atoms with Crippen LogP contribution < -0.4 is 9.47 Å². The Bertz CT molecular complexity index is 1220. The van der Waals surface area contributed by atoms with Crippen molar-refractivity contribution in [2.45, 2.75) is 37.6 Å². The number of nitrogens with zero attached hydrogens (tertiary/aromatic N) is 3. The van der Waals surface area contributed by atoms with Crippen molar-refractivity contribution in [2.24, 2.45) is 5.10 Å². The monoisotopic (exact) mass is 517 g/mol. The van der Waals surface area contributed by atoms with Crippen LogP contribution in [0, 0.1) is 0 Å². The first-order valence-electron chi connectivity index (χ1n) is 11.9. The summed E-state index contributed by atoms with van der Waals surface area (Å²) in [5.41, 5.74) is 4.24. The molecule has 1 atom stereocenters. The topological polar surface area (TPSA) is 37.3 Å². The first-order valence-corrected chi connectivity index (χ1v) is 12.7. The number of piperidine rings is 1. The Morgan fingerprint density at radius 3 is 2.59 bits per heavy atom. The molecule has 3 heterocycles. The zero-order valence-corrected chi connectivity index (χ0v) is 20.9. The average molecular weight is 518 g/mol. The van der Waals surface area contributed by atoms with Crippen molar-refractivity contribution in [2.75, 3.05) is 20.2 Å². The molecule has 0 aliphatic carbocycles. The third-order valence-electron chi connectivity index (χ3n) is 7.26. The Hall–Kier alpha value is -2.83. The highest BCUT2D eigenvalue weighted by Crippen LogP contribution is 2.51. The van der Waals surface area contributed by atoms with Crippen molar-refractivity contribution < 1.29 is 9.47 Å². The van der Waals surface area contributed by atoms with Crippen LogP contribution in [0.2, 0.25) is 0 Å². The van der Waals surface area contributed by atoms with Gasteiger partial charge in [-0.3, -0.25) is 4.90 Å². The maximum Gasteiger partial charge on any atom is 0.200 e. The fraction of sp³-hybridized carbons (Fsp3) is 0.321. The minimum atomic E-state index is -0.428. The van der Waals surface area contributed by atoms with Crippen LogP contribution in [0.25, 0.3) is 0 Å². The van der Waals surface area contributed by atoms with Gasteiger partial charge in [0.1, 0.15) is 11.5 Å². The van der Waals surface area contributed by atoms with Crippen LogP contribution in [0.1, 0.15) is 42.0 Å². The van der Waals surface area contributed by atoms with Gasteiger partial charge in [-0.2, -0.15) is 5.10 Å². The molecule has 0 saturated carbocycles. The lowest BCUT2D eigenvalue weighted by Crippen LogP contribution is -2.59. The molecular weight excluding hydrogens is 490 g/mol. The second-order valence-corrected chi connectivity index (χ2v) is 10.2. The van der Waals surface area contributed by atoms with Crippen LogP contribution in [0.5, 0.6) is 11.5 Å². The van der Waals surface area contributed by atoms with E-state index in [1.54, 1.807) is 7.11 Å². The molecule has 1 saturated heterocycles. The summed E-state index contributed by atoms with van der Waals surface area (Å²) in [6.45, 7) is 2.92. The summed E-state index contributed by atoms with van der Waals surface area (Å²) >= 11 is 3.66. The van der Waals surface area contributed by atoms with Crippen LogP contribution in [-0.2, 0) is 6.54 Å². The van der Waals surface area contributed by atoms with Gasteiger partial charge < -0.3 is 9.47 Å². The zero-order chi connectivity index (χ0) is 23.1. The van der Waals surface area contributed by atoms with Crippen LogP contribution in [0.15, 0.2) is 82.4 Å². The molecule has 1 spiro atoms. The van der Waals surface area contributed by atoms with Gasteiger partial charge in [0.05, 0.1) is 18.9 Å². The van der Waals surface area contributed by atoms with E-state index in [4.69, 9.17) is 14.6 Å². The molecule has 3 aliphatic rings. The van der Waals surface area contributed by atoms with Crippen molar-refractivity contribution in [3.8, 4) is 11.5 Å². The molecule has 0 radical (unpaired) electrons. The number of methoxy groups -OCH3 is 1. The summed E-state index contributed by atoms with van der Waals surface area (Å²) < 4.78 is 13.5. The number of likely N-dealkylation sites (tertiary alicyclic amines) is 1. The van der Waals surface area contributed by atoms with Gasteiger partial charge in [0.25, 0.3) is 0 Å². The van der Waals surface area contributed by atoms with E-state index in [1.807, 2.05) is 12.1 Å². The number of hydrogen-bond acceptors (Lipinski definition) is 5. The van der Waals surface area contributed by atoms with E-state index in [1.165, 1.54) is 11.1 Å². The molecule has 6 heteroatoms. The number of rotatable bonds is 4. The second kappa shape index (κ2) is 8.75. The third-order valence-corrected chi connectivity index (χ3v) is 7.76. The maximum atomic E-state index is 6.81. The van der Waals surface area contributed by atoms with Gasteiger partial charge in [0.2, 0.25) is 5.72 Å². The SMILES string of the molecule is COc1ccccc1C1=NN2C(C1)c1cc(Br)ccc1OC21CCN(Cc2ccccc2)CC1. The minimum Gasteiger partial charge on any atom is -0.496 e. The van der Waals surface area contributed by atoms with E-state index in [0.29, 0.717) is 0 Å². The Labute approximate surface area is 209 Å². The van der Waals surface area contributed by atoms with Gasteiger partial charge in [-0.25, -0.2) is 5.01 Å². The van der Waals surface area contributed by atoms with Crippen molar-refractivity contribution in [3.63, 3.8) is 0 Å². The molecule has 0 amide bonds. The minimum absolute atomic E-state index is 0.154. The van der Waals surface area contributed by atoms with Gasteiger partial charge in [-0.1, -0.05) is 58.4 Å². The van der Waals surface area contributed by atoms with Crippen LogP contribution >= 0.6 is 15.9 Å². The Kier molecular flexibility index (Phi) is 5.58. The first-order chi connectivity index (χ1) is 16.6. The lowest BCUT2D eigenvalue weighted by molar-refractivity contribution is -0.150. The number of fused-ring (bicyclic) bond motifs is 4. The van der Waals surface area contributed by atoms with E-state index in [2.05, 4.69) is 86.5 Å². The number of benzene rings is 3. The smallest absolute Gasteiger partial charge is 0.200 e. The molecule has 3 aromatic carbocycles. The van der Waals surface area contributed by atoms with Crippen molar-refractivity contribution in [1.29, 1.82) is 0 Å². The lowest BCUT2D eigenvalue weighted by Gasteiger charge is -2.51. The third kappa shape index (κ3) is 3.79. The van der Waals surface area contributed by atoms with Gasteiger partial charge >= 0.3 is 0 Å². The number of halogens is 1. The highest BCUT2D eigenvalue weighted by atomic mass is 79.9. The van der Waals surface area contributed by atoms with E-state index >= 15 is 0 Å². The Morgan fingerprint density at radius 2 is 1.79 bits per heavy atom. The molecule has 0 aromatic heterocycles. The molecule has 174 valence electrons. The van der Waals surface area contributed by atoms with Crippen molar-refractivity contribution in [3.05, 3.63) is 94.0 Å². The summed E-state index contributed by atoms with van der Waals surface area (Å²) in [6.07, 6.45) is 2.66. The molecule has 1 fully saturated rings. The van der Waals surface area contributed by atoms with E-state index in [9.17, 15) is 0 Å². The summed E-state index contributed by atoms with van der Waals surface area (Å²) in [5.74, 6) is 1.85. The predicted molar refractivity (Wildman–Crippen MR) is 137 cm³/mol. The van der Waals surface area contributed by atoms with E-state index in [0.717, 1.165) is 66.1 Å². The largest absolute Gasteiger partial charge is 0.496 e. The fourth-order valence-corrected chi connectivity index (χ4v) is 5.91. The number of hydrazone groups is 1. The highest BCUT2D eigenvalue weighted by molar-refractivity contribution is 9.10. The van der Waals surface area contributed by atoms with Crippen molar-refractivity contribution in [1.82, 2.24) is 9.91 Å². The average Bonchev–Trinajstić information content (AvgIpc) is 3.33. The summed E-state index contributed by atoms with van der Waals surface area (Å²) in [6, 6.07) is 25.4. The summed E-state index contributed by atoms with van der Waals surface area (Å²) in [7, 11) is 1.72. The van der Waals surface area contributed by atoms with Crippen LogP contribution in [0.3, 0.4) is 0 Å². The molecular formula is C28H28BrN3O2. The number of hydrogen-bond donors (Lipinski definition) is 0. The fourth-order valence-electron chi connectivity index (χ4n) is 5.53. The predicted octanol–water partition coefficient (Wildman–Crippen LogP) is 5.99. The highest BCUT2D eigenvalue weighted by Gasteiger charge is 2.52. The molecule has 1 unspecified atom stereocenters. The molecule has 0 bridgehead atoms. The quantitative estimate of drug-likeness (QED) is 0.425. The zero-order valence-electron chi connectivity index (χ0n) is 19.3. The Morgan fingerprint density at radius 1 is 1.03 bits per heavy atom. The normalized spacial score (nSPS) is 20.9. The van der Waals surface area contributed by atoms with Crippen LogP contribution in [-0.4, -0.2) is 41.5 Å². The van der Waals surface area contributed by atoms with E-state index in [-0.39, 0.29) is 6.04 Å². The standard InChI is InChI=1S/C28H28BrN3O2/c1-33-26-10-6-5-9-22(26)24-18-25-23-17-21(29)11-12-27(23)34-28(32(25)30-24)13-15-31(16-14-28)19-20-7-3-2-4-8-20/h2-12,17,25H,13-16,18-19H2,1H3. The summed E-state index contributed by atoms with van der Waals surface area (Å²) in [5, 5.41) is 7.48. The van der Waals surface area contributed by atoms with Crippen molar-refractivity contribution >= 4 is 21.6 Å². The van der Waals surface area contributed by atoms with Crippen LogP contribution in [0.4, 0.5) is 0 Å². The lowest BCUT2D eigenvalue weighted by atomic mass is 9.90. The number of ether oxygens (including phenoxy) is 2. The molecule has 3 aromatic rings. The molecule has 3 aliphatic heterocycles. The number of para-hydroxylation sites is 1. The molecule has 5 nitrogen and oxygen atoms in total. The van der Waals surface area contributed by atoms with E-state index < -0.39 is 5.72 Å². The molecule has 6 rings (SSSR count). The van der Waals surface area contributed by atoms with Gasteiger partial charge in [0, 0.05) is 54.5 Å². The second-order valence-electron chi connectivity index (χ2n) is 9.30. The van der Waals surface area contributed by atoms with Gasteiger partial charge in [0.15, 0.2) is 0 Å². The molecule has 0 N–H and O–H groups in total. The van der Waals surface area contributed by atoms with Gasteiger partial charge in [-0.15, -0.1) is 0 Å². The first kappa shape index (κ1) is 21.7. The molecule has 34 heavy (non-hydrogen) atoms.